The van der Waals surface area contributed by atoms with Crippen LogP contribution in [0.2, 0.25) is 0 Å². The third-order valence-corrected chi connectivity index (χ3v) is 10.5. The van der Waals surface area contributed by atoms with Gasteiger partial charge in [-0.3, -0.25) is 24.2 Å². The number of likely N-dealkylation sites (N-methyl/N-ethyl adjacent to an activating group) is 1. The van der Waals surface area contributed by atoms with E-state index in [-0.39, 0.29) is 29.7 Å². The first-order chi connectivity index (χ1) is 19.8. The van der Waals surface area contributed by atoms with Crippen LogP contribution in [0, 0.1) is 23.7 Å². The number of benzene rings is 1. The minimum Gasteiger partial charge on any atom is -0.508 e. The lowest BCUT2D eigenvalue weighted by molar-refractivity contribution is -0.153. The lowest BCUT2D eigenvalue weighted by atomic mass is 9.57. The Hall–Kier alpha value is -3.41. The molecule has 11 heteroatoms. The van der Waals surface area contributed by atoms with E-state index in [1.807, 2.05) is 25.1 Å². The van der Waals surface area contributed by atoms with Gasteiger partial charge in [0.25, 0.3) is 5.91 Å². The third kappa shape index (κ3) is 3.93. The number of rotatable bonds is 5. The van der Waals surface area contributed by atoms with E-state index in [0.717, 1.165) is 18.8 Å². The Morgan fingerprint density at radius 2 is 1.74 bits per heavy atom. The molecule has 1 amide bonds. The highest BCUT2D eigenvalue weighted by Gasteiger charge is 2.64. The SMILES string of the molecule is CN(C)c1cc(CN2CC3CCCC3C2)c(O)c2c1C[C@H]1C[C@H]3[C@H](N(C)C)C(=O)C(C(N)=O)=C(O)[C@@]3(O)C(=O)C1=C2O. The van der Waals surface area contributed by atoms with Gasteiger partial charge in [-0.05, 0) is 69.2 Å². The molecule has 1 heterocycles. The van der Waals surface area contributed by atoms with Crippen LogP contribution in [0.1, 0.15) is 42.4 Å². The zero-order valence-electron chi connectivity index (χ0n) is 24.6. The van der Waals surface area contributed by atoms with Crippen molar-refractivity contribution in [1.82, 2.24) is 9.80 Å². The van der Waals surface area contributed by atoms with Crippen LogP contribution in [-0.4, -0.2) is 101 Å². The molecule has 0 aromatic heterocycles. The van der Waals surface area contributed by atoms with Gasteiger partial charge in [0, 0.05) is 56.5 Å². The van der Waals surface area contributed by atoms with E-state index in [0.29, 0.717) is 29.5 Å². The van der Waals surface area contributed by atoms with Gasteiger partial charge in [-0.2, -0.15) is 0 Å². The van der Waals surface area contributed by atoms with Gasteiger partial charge in [-0.1, -0.05) is 6.42 Å². The van der Waals surface area contributed by atoms with Gasteiger partial charge in [0.1, 0.15) is 22.8 Å². The molecule has 6 N–H and O–H groups in total. The summed E-state index contributed by atoms with van der Waals surface area (Å²) in [5.41, 5.74) is 4.09. The van der Waals surface area contributed by atoms with E-state index in [1.165, 1.54) is 24.2 Å². The number of anilines is 1. The summed E-state index contributed by atoms with van der Waals surface area (Å²) in [6.07, 6.45) is 4.04. The maximum Gasteiger partial charge on any atom is 0.255 e. The summed E-state index contributed by atoms with van der Waals surface area (Å²) in [6, 6.07) is 0.841. The highest BCUT2D eigenvalue weighted by atomic mass is 16.3. The molecule has 4 aliphatic carbocycles. The standard InChI is InChI=1S/C31H40N4O7/c1-33(2)20-10-17(13-35-11-14-6-5-7-15(14)12-35)25(36)22-18(20)8-16-9-19-24(34(3)4)27(38)23(30(32)41)29(40)31(19,42)28(39)21(16)26(22)37/h10,14-16,19,24,36-37,40,42H,5-9,11-13H2,1-4H3,(H2,32,41)/t14?,15?,16-,19-,24-,31-/m0/s1. The molecule has 42 heavy (non-hydrogen) atoms. The first-order valence-corrected chi connectivity index (χ1v) is 14.7. The highest BCUT2D eigenvalue weighted by molar-refractivity contribution is 6.24. The molecule has 6 rings (SSSR count). The smallest absolute Gasteiger partial charge is 0.255 e. The summed E-state index contributed by atoms with van der Waals surface area (Å²) >= 11 is 0. The molecule has 226 valence electrons. The number of phenols is 1. The Bertz CT molecular complexity index is 1450. The van der Waals surface area contributed by atoms with Gasteiger partial charge in [0.15, 0.2) is 11.4 Å². The fourth-order valence-electron chi connectivity index (χ4n) is 8.57. The molecular formula is C31H40N4O7. The number of aromatic hydroxyl groups is 1. The maximum atomic E-state index is 14.2. The second-order valence-electron chi connectivity index (χ2n) is 13.3. The number of likely N-dealkylation sites (tertiary alicyclic amines) is 1. The van der Waals surface area contributed by atoms with E-state index >= 15 is 0 Å². The molecule has 0 spiro atoms. The number of nitrogens with two attached hydrogens (primary N) is 1. The molecular weight excluding hydrogens is 540 g/mol. The zero-order chi connectivity index (χ0) is 30.4. The number of carbonyl (C=O) groups is 3. The number of aliphatic hydroxyl groups is 3. The Labute approximate surface area is 244 Å². The average Bonchev–Trinajstić information content (AvgIpc) is 3.49. The third-order valence-electron chi connectivity index (χ3n) is 10.5. The second kappa shape index (κ2) is 9.82. The fraction of sp³-hybridized carbons (Fsp3) is 0.581. The predicted molar refractivity (Wildman–Crippen MR) is 155 cm³/mol. The van der Waals surface area contributed by atoms with Crippen molar-refractivity contribution < 1.29 is 34.8 Å². The molecule has 1 saturated heterocycles. The van der Waals surface area contributed by atoms with Gasteiger partial charge in [-0.15, -0.1) is 0 Å². The molecule has 0 bridgehead atoms. The van der Waals surface area contributed by atoms with Crippen LogP contribution in [0.4, 0.5) is 5.69 Å². The topological polar surface area (TPSA) is 168 Å². The van der Waals surface area contributed by atoms with Crippen LogP contribution in [0.5, 0.6) is 5.75 Å². The molecule has 2 unspecified atom stereocenters. The molecule has 6 atom stereocenters. The number of aliphatic hydroxyl groups excluding tert-OH is 2. The molecule has 2 saturated carbocycles. The van der Waals surface area contributed by atoms with Gasteiger partial charge >= 0.3 is 0 Å². The Balaban J connectivity index is 1.48. The number of primary amides is 1. The normalized spacial score (nSPS) is 32.7. The molecule has 1 aromatic carbocycles. The molecule has 1 aromatic rings. The number of amides is 1. The van der Waals surface area contributed by atoms with Crippen molar-refractivity contribution in [3.05, 3.63) is 39.7 Å². The largest absolute Gasteiger partial charge is 0.508 e. The van der Waals surface area contributed by atoms with Gasteiger partial charge < -0.3 is 31.1 Å². The molecule has 11 nitrogen and oxygen atoms in total. The van der Waals surface area contributed by atoms with Crippen LogP contribution in [0.3, 0.4) is 0 Å². The van der Waals surface area contributed by atoms with E-state index < -0.39 is 58.0 Å². The number of hydrogen-bond acceptors (Lipinski definition) is 10. The van der Waals surface area contributed by atoms with E-state index in [4.69, 9.17) is 5.73 Å². The van der Waals surface area contributed by atoms with Crippen molar-refractivity contribution in [3.63, 3.8) is 0 Å². The summed E-state index contributed by atoms with van der Waals surface area (Å²) in [5, 5.41) is 46.2. The molecule has 1 aliphatic heterocycles. The first-order valence-electron chi connectivity index (χ1n) is 14.7. The van der Waals surface area contributed by atoms with Crippen LogP contribution >= 0.6 is 0 Å². The lowest BCUT2D eigenvalue weighted by Crippen LogP contribution is -2.65. The van der Waals surface area contributed by atoms with E-state index in [2.05, 4.69) is 4.90 Å². The second-order valence-corrected chi connectivity index (χ2v) is 13.3. The Morgan fingerprint density at radius 1 is 1.10 bits per heavy atom. The average molecular weight is 581 g/mol. The summed E-state index contributed by atoms with van der Waals surface area (Å²) in [7, 11) is 6.94. The van der Waals surface area contributed by atoms with Gasteiger partial charge in [0.05, 0.1) is 11.6 Å². The van der Waals surface area contributed by atoms with Crippen molar-refractivity contribution in [3.8, 4) is 5.75 Å². The quantitative estimate of drug-likeness (QED) is 0.320. The number of Topliss-reactive ketones (excluding diaryl/α,β-unsaturated/α-hetero) is 2. The Morgan fingerprint density at radius 3 is 2.31 bits per heavy atom. The summed E-state index contributed by atoms with van der Waals surface area (Å²) in [6.45, 7) is 2.41. The van der Waals surface area contributed by atoms with Crippen molar-refractivity contribution in [2.75, 3.05) is 46.2 Å². The van der Waals surface area contributed by atoms with Crippen molar-refractivity contribution in [2.24, 2.45) is 29.4 Å². The van der Waals surface area contributed by atoms with Crippen LogP contribution in [0.25, 0.3) is 5.76 Å². The molecule has 3 fully saturated rings. The monoisotopic (exact) mass is 580 g/mol. The zero-order valence-corrected chi connectivity index (χ0v) is 24.6. The van der Waals surface area contributed by atoms with E-state index in [1.54, 1.807) is 14.1 Å². The van der Waals surface area contributed by atoms with E-state index in [9.17, 15) is 34.8 Å². The maximum absolute atomic E-state index is 14.2. The van der Waals surface area contributed by atoms with Crippen LogP contribution in [-0.2, 0) is 27.3 Å². The minimum atomic E-state index is -2.64. The summed E-state index contributed by atoms with van der Waals surface area (Å²) in [4.78, 5) is 45.4. The van der Waals surface area contributed by atoms with Crippen molar-refractivity contribution in [2.45, 2.75) is 50.3 Å². The van der Waals surface area contributed by atoms with Crippen LogP contribution in [0.15, 0.2) is 23.0 Å². The lowest BCUT2D eigenvalue weighted by Gasteiger charge is -2.50. The van der Waals surface area contributed by atoms with Crippen molar-refractivity contribution in [1.29, 1.82) is 0 Å². The minimum absolute atomic E-state index is 0.0672. The van der Waals surface area contributed by atoms with Crippen LogP contribution < -0.4 is 10.6 Å². The van der Waals surface area contributed by atoms with Gasteiger partial charge in [0.2, 0.25) is 5.78 Å². The predicted octanol–water partition coefficient (Wildman–Crippen LogP) is 1.26. The number of hydrogen-bond donors (Lipinski definition) is 5. The number of carbonyl (C=O) groups excluding carboxylic acids is 3. The highest BCUT2D eigenvalue weighted by Crippen LogP contribution is 2.54. The Kier molecular flexibility index (Phi) is 6.71. The summed E-state index contributed by atoms with van der Waals surface area (Å²) in [5.74, 6) is -5.00. The van der Waals surface area contributed by atoms with Gasteiger partial charge in [-0.25, -0.2) is 0 Å². The molecule has 0 radical (unpaired) electrons. The number of ketones is 2. The fourth-order valence-corrected chi connectivity index (χ4v) is 8.57. The molecule has 5 aliphatic rings. The number of fused-ring (bicyclic) bond motifs is 4. The number of nitrogens with zero attached hydrogens (tertiary/aromatic N) is 3. The summed E-state index contributed by atoms with van der Waals surface area (Å²) < 4.78 is 0. The first kappa shape index (κ1) is 28.7. The van der Waals surface area contributed by atoms with Crippen molar-refractivity contribution >= 4 is 28.9 Å². The number of phenolic OH excluding ortho intramolecular Hbond substituents is 1.